The number of hydrogen-bond donors (Lipinski definition) is 0. The summed E-state index contributed by atoms with van der Waals surface area (Å²) in [6, 6.07) is 15.3. The Balaban J connectivity index is 1.43. The lowest BCUT2D eigenvalue weighted by atomic mass is 10.2. The normalized spacial score (nSPS) is 12.9. The van der Waals surface area contributed by atoms with Crippen LogP contribution in [0.15, 0.2) is 60.9 Å². The molecule has 2 aromatic carbocycles. The molecule has 0 aliphatic carbocycles. The van der Waals surface area contributed by atoms with Gasteiger partial charge in [0, 0.05) is 24.5 Å². The Morgan fingerprint density at radius 2 is 1.78 bits per heavy atom. The predicted octanol–water partition coefficient (Wildman–Crippen LogP) is 4.92. The van der Waals surface area contributed by atoms with Crippen molar-refractivity contribution < 1.29 is 14.3 Å². The van der Waals surface area contributed by atoms with E-state index in [1.165, 1.54) is 22.7 Å². The first kappa shape index (κ1) is 19.1. The lowest BCUT2D eigenvalue weighted by Gasteiger charge is -2.18. The summed E-state index contributed by atoms with van der Waals surface area (Å²) < 4.78 is 13.3. The first-order chi connectivity index (χ1) is 15.7. The number of ether oxygens (including phenoxy) is 2. The van der Waals surface area contributed by atoms with E-state index in [4.69, 9.17) is 14.5 Å². The molecule has 1 amide bonds. The van der Waals surface area contributed by atoms with Gasteiger partial charge >= 0.3 is 0 Å². The number of fused-ring (bicyclic) bond motifs is 3. The number of pyridine rings is 1. The van der Waals surface area contributed by atoms with Crippen LogP contribution in [0.5, 0.6) is 11.5 Å². The highest BCUT2D eigenvalue weighted by Crippen LogP contribution is 2.39. The van der Waals surface area contributed by atoms with E-state index >= 15 is 0 Å². The van der Waals surface area contributed by atoms with E-state index in [-0.39, 0.29) is 5.91 Å². The second-order valence-electron chi connectivity index (χ2n) is 7.20. The lowest BCUT2D eigenvalue weighted by molar-refractivity contribution is 0.0985. The molecule has 1 aliphatic rings. The molecule has 0 saturated carbocycles. The molecule has 4 heterocycles. The second-order valence-corrected chi connectivity index (χ2v) is 9.24. The molecule has 0 unspecified atom stereocenters. The van der Waals surface area contributed by atoms with Crippen molar-refractivity contribution in [3.05, 3.63) is 71.5 Å². The zero-order valence-electron chi connectivity index (χ0n) is 16.7. The number of hydrogen-bond acceptors (Lipinski definition) is 8. The van der Waals surface area contributed by atoms with Crippen molar-refractivity contribution in [2.24, 2.45) is 0 Å². The first-order valence-electron chi connectivity index (χ1n) is 10.0. The molecule has 0 radical (unpaired) electrons. The predicted molar refractivity (Wildman–Crippen MR) is 125 cm³/mol. The summed E-state index contributed by atoms with van der Waals surface area (Å²) in [5, 5.41) is 1.02. The van der Waals surface area contributed by atoms with Gasteiger partial charge in [0.2, 0.25) is 0 Å². The number of carbonyl (C=O) groups is 1. The van der Waals surface area contributed by atoms with Crippen molar-refractivity contribution >= 4 is 54.1 Å². The van der Waals surface area contributed by atoms with Crippen LogP contribution in [0, 0.1) is 0 Å². The van der Waals surface area contributed by atoms with Crippen LogP contribution in [-0.4, -0.2) is 34.1 Å². The molecule has 0 atom stereocenters. The average Bonchev–Trinajstić information content (AvgIpc) is 3.45. The van der Waals surface area contributed by atoms with E-state index < -0.39 is 0 Å². The Hall–Kier alpha value is -3.56. The van der Waals surface area contributed by atoms with Gasteiger partial charge in [0.05, 0.1) is 27.0 Å². The van der Waals surface area contributed by atoms with Gasteiger partial charge in [0.1, 0.15) is 13.2 Å². The molecule has 1 aliphatic heterocycles. The van der Waals surface area contributed by atoms with Crippen LogP contribution < -0.4 is 14.4 Å². The molecule has 0 N–H and O–H groups in total. The largest absolute Gasteiger partial charge is 0.486 e. The number of para-hydroxylation sites is 1. The number of thiazole rings is 2. The van der Waals surface area contributed by atoms with Gasteiger partial charge in [0.25, 0.3) is 5.91 Å². The Morgan fingerprint density at radius 3 is 2.59 bits per heavy atom. The van der Waals surface area contributed by atoms with Crippen molar-refractivity contribution in [1.82, 2.24) is 15.0 Å². The summed E-state index contributed by atoms with van der Waals surface area (Å²) in [5.41, 5.74) is 2.49. The molecular weight excluding hydrogens is 444 g/mol. The minimum Gasteiger partial charge on any atom is -0.486 e. The van der Waals surface area contributed by atoms with E-state index in [0.717, 1.165) is 26.0 Å². The quantitative estimate of drug-likeness (QED) is 0.379. The number of anilines is 1. The summed E-state index contributed by atoms with van der Waals surface area (Å²) >= 11 is 2.83. The van der Waals surface area contributed by atoms with Crippen molar-refractivity contribution in [3.63, 3.8) is 0 Å². The number of amides is 1. The Kier molecular flexibility index (Phi) is 4.70. The molecule has 7 nitrogen and oxygen atoms in total. The Morgan fingerprint density at radius 1 is 0.938 bits per heavy atom. The molecule has 0 fully saturated rings. The van der Waals surface area contributed by atoms with Gasteiger partial charge in [0.15, 0.2) is 21.6 Å². The monoisotopic (exact) mass is 460 g/mol. The zero-order valence-corrected chi connectivity index (χ0v) is 18.4. The molecular formula is C23H16N4O3S2. The topological polar surface area (TPSA) is 77.4 Å². The number of aromatic nitrogens is 3. The third kappa shape index (κ3) is 3.45. The van der Waals surface area contributed by atoms with E-state index in [1.807, 2.05) is 48.5 Å². The third-order valence-corrected chi connectivity index (χ3v) is 7.12. The minimum atomic E-state index is -0.189. The molecule has 0 spiro atoms. The highest BCUT2D eigenvalue weighted by molar-refractivity contribution is 7.23. The minimum absolute atomic E-state index is 0.189. The molecule has 3 aromatic heterocycles. The maximum absolute atomic E-state index is 13.6. The summed E-state index contributed by atoms with van der Waals surface area (Å²) in [4.78, 5) is 28.8. The smallest absolute Gasteiger partial charge is 0.289 e. The molecule has 0 bridgehead atoms. The highest BCUT2D eigenvalue weighted by Gasteiger charge is 2.25. The van der Waals surface area contributed by atoms with Crippen LogP contribution >= 0.6 is 22.7 Å². The maximum Gasteiger partial charge on any atom is 0.289 e. The maximum atomic E-state index is 13.6. The third-order valence-electron chi connectivity index (χ3n) is 5.06. The van der Waals surface area contributed by atoms with Gasteiger partial charge in [-0.2, -0.15) is 0 Å². The first-order valence-corrected chi connectivity index (χ1v) is 11.6. The number of rotatable bonds is 4. The van der Waals surface area contributed by atoms with Gasteiger partial charge in [-0.05, 0) is 23.8 Å². The fourth-order valence-electron chi connectivity index (χ4n) is 3.55. The van der Waals surface area contributed by atoms with Crippen LogP contribution in [0.3, 0.4) is 0 Å². The highest BCUT2D eigenvalue weighted by atomic mass is 32.1. The summed E-state index contributed by atoms with van der Waals surface area (Å²) in [6.07, 6.45) is 3.47. The molecule has 5 aromatic rings. The zero-order chi connectivity index (χ0) is 21.5. The van der Waals surface area contributed by atoms with Crippen molar-refractivity contribution in [2.75, 3.05) is 18.1 Å². The lowest BCUT2D eigenvalue weighted by Crippen LogP contribution is -2.30. The van der Waals surface area contributed by atoms with Crippen LogP contribution in [0.1, 0.15) is 15.4 Å². The van der Waals surface area contributed by atoms with Gasteiger partial charge in [-0.15, -0.1) is 11.3 Å². The van der Waals surface area contributed by atoms with Gasteiger partial charge < -0.3 is 9.47 Å². The summed E-state index contributed by atoms with van der Waals surface area (Å²) in [5.74, 6) is 1.19. The van der Waals surface area contributed by atoms with Gasteiger partial charge in [-0.3, -0.25) is 14.7 Å². The number of nitrogens with zero attached hydrogens (tertiary/aromatic N) is 4. The fraction of sp³-hybridized carbons (Fsp3) is 0.130. The molecule has 6 rings (SSSR count). The summed E-state index contributed by atoms with van der Waals surface area (Å²) in [7, 11) is 0. The van der Waals surface area contributed by atoms with E-state index in [0.29, 0.717) is 41.4 Å². The second kappa shape index (κ2) is 7.85. The molecule has 158 valence electrons. The van der Waals surface area contributed by atoms with E-state index in [1.54, 1.807) is 17.3 Å². The van der Waals surface area contributed by atoms with Crippen LogP contribution in [-0.2, 0) is 6.54 Å². The van der Waals surface area contributed by atoms with E-state index in [2.05, 4.69) is 9.97 Å². The molecule has 32 heavy (non-hydrogen) atoms. The number of carbonyl (C=O) groups excluding carboxylic acids is 1. The van der Waals surface area contributed by atoms with Crippen LogP contribution in [0.2, 0.25) is 0 Å². The SMILES string of the molecule is O=C(c1nc2ccccc2s1)N(Cc1cccnc1)c1nc2cc3c(cc2s1)OCCO3. The fourth-order valence-corrected chi connectivity index (χ4v) is 5.44. The molecule has 9 heteroatoms. The van der Waals surface area contributed by atoms with Crippen molar-refractivity contribution in [2.45, 2.75) is 6.54 Å². The Bertz CT molecular complexity index is 1370. The Labute approximate surface area is 190 Å². The number of benzene rings is 2. The van der Waals surface area contributed by atoms with Crippen LogP contribution in [0.25, 0.3) is 20.4 Å². The molecule has 0 saturated heterocycles. The van der Waals surface area contributed by atoms with E-state index in [9.17, 15) is 4.79 Å². The van der Waals surface area contributed by atoms with Gasteiger partial charge in [-0.25, -0.2) is 9.97 Å². The van der Waals surface area contributed by atoms with Crippen molar-refractivity contribution in [1.29, 1.82) is 0 Å². The summed E-state index contributed by atoms with van der Waals surface area (Å²) in [6.45, 7) is 1.38. The van der Waals surface area contributed by atoms with Crippen LogP contribution in [0.4, 0.5) is 5.13 Å². The standard InChI is InChI=1S/C23H16N4O3S2/c28-22(21-25-15-5-1-2-6-19(15)31-21)27(13-14-4-3-7-24-12-14)23-26-16-10-17-18(11-20(16)32-23)30-9-8-29-17/h1-7,10-12H,8-9,13H2. The van der Waals surface area contributed by atoms with Gasteiger partial charge in [-0.1, -0.05) is 29.5 Å². The van der Waals surface area contributed by atoms with Crippen molar-refractivity contribution in [3.8, 4) is 11.5 Å². The average molecular weight is 461 g/mol.